The van der Waals surface area contributed by atoms with Gasteiger partial charge in [0.25, 0.3) is 0 Å². The third kappa shape index (κ3) is 4.72. The number of benzene rings is 2. The first-order chi connectivity index (χ1) is 15.4. The van der Waals surface area contributed by atoms with E-state index < -0.39 is 12.0 Å². The van der Waals surface area contributed by atoms with Crippen molar-refractivity contribution in [2.45, 2.75) is 33.7 Å². The van der Waals surface area contributed by atoms with Crippen LogP contribution in [0.3, 0.4) is 0 Å². The molecule has 0 aromatic heterocycles. The van der Waals surface area contributed by atoms with Gasteiger partial charge in [-0.25, -0.2) is 9.59 Å². The van der Waals surface area contributed by atoms with Crippen molar-refractivity contribution in [3.8, 4) is 11.5 Å². The number of urea groups is 1. The largest absolute Gasteiger partial charge is 0.497 e. The summed E-state index contributed by atoms with van der Waals surface area (Å²) in [6.45, 7) is 8.26. The van der Waals surface area contributed by atoms with Crippen molar-refractivity contribution in [1.29, 1.82) is 0 Å². The highest BCUT2D eigenvalue weighted by atomic mass is 16.5. The second kappa shape index (κ2) is 10.2. The number of aryl methyl sites for hydroxylation is 1. The van der Waals surface area contributed by atoms with Gasteiger partial charge in [0, 0.05) is 6.54 Å². The SMILES string of the molecule is CCOC(=O)C1=C(COc2cccc(C)c2C)N(CC)C(=O)NC1c1cccc(OC)c1. The Balaban J connectivity index is 2.10. The monoisotopic (exact) mass is 438 g/mol. The zero-order valence-corrected chi connectivity index (χ0v) is 19.2. The van der Waals surface area contributed by atoms with Gasteiger partial charge in [0.1, 0.15) is 18.1 Å². The van der Waals surface area contributed by atoms with Crippen LogP contribution in [0.4, 0.5) is 4.79 Å². The minimum Gasteiger partial charge on any atom is -0.497 e. The van der Waals surface area contributed by atoms with Crippen LogP contribution in [0.1, 0.15) is 36.6 Å². The molecular formula is C25H30N2O5. The van der Waals surface area contributed by atoms with Gasteiger partial charge in [0.05, 0.1) is 31.0 Å². The summed E-state index contributed by atoms with van der Waals surface area (Å²) in [5.41, 5.74) is 3.68. The zero-order valence-electron chi connectivity index (χ0n) is 19.2. The molecule has 2 amide bonds. The first-order valence-corrected chi connectivity index (χ1v) is 10.7. The molecule has 0 spiro atoms. The third-order valence-electron chi connectivity index (χ3n) is 5.60. The Bertz CT molecular complexity index is 1030. The van der Waals surface area contributed by atoms with Gasteiger partial charge in [0.2, 0.25) is 0 Å². The predicted molar refractivity (Wildman–Crippen MR) is 122 cm³/mol. The second-order valence-corrected chi connectivity index (χ2v) is 7.47. The molecule has 1 aliphatic heterocycles. The molecule has 1 atom stereocenters. The first-order valence-electron chi connectivity index (χ1n) is 10.7. The van der Waals surface area contributed by atoms with E-state index in [2.05, 4.69) is 5.32 Å². The van der Waals surface area contributed by atoms with Gasteiger partial charge in [-0.3, -0.25) is 4.90 Å². The van der Waals surface area contributed by atoms with Crippen molar-refractivity contribution in [1.82, 2.24) is 10.2 Å². The minimum atomic E-state index is -0.684. The number of rotatable bonds is 8. The lowest BCUT2D eigenvalue weighted by Gasteiger charge is -2.36. The molecule has 7 nitrogen and oxygen atoms in total. The van der Waals surface area contributed by atoms with E-state index in [9.17, 15) is 9.59 Å². The summed E-state index contributed by atoms with van der Waals surface area (Å²) in [6.07, 6.45) is 0. The standard InChI is InChI=1S/C25H30N2O5/c1-6-27-20(15-32-21-13-8-10-16(3)17(21)4)22(24(28)31-7-2)23(26-25(27)29)18-11-9-12-19(14-18)30-5/h8-14,23H,6-7,15H2,1-5H3,(H,26,29). The van der Waals surface area contributed by atoms with Crippen molar-refractivity contribution in [3.63, 3.8) is 0 Å². The second-order valence-electron chi connectivity index (χ2n) is 7.47. The summed E-state index contributed by atoms with van der Waals surface area (Å²) in [6, 6.07) is 12.1. The average Bonchev–Trinajstić information content (AvgIpc) is 2.79. The van der Waals surface area contributed by atoms with E-state index in [1.54, 1.807) is 20.1 Å². The van der Waals surface area contributed by atoms with Gasteiger partial charge in [-0.1, -0.05) is 24.3 Å². The number of carbonyl (C=O) groups is 2. The van der Waals surface area contributed by atoms with E-state index in [4.69, 9.17) is 14.2 Å². The van der Waals surface area contributed by atoms with E-state index in [1.807, 2.05) is 57.2 Å². The molecule has 7 heteroatoms. The molecule has 170 valence electrons. The lowest BCUT2D eigenvalue weighted by molar-refractivity contribution is -0.139. The van der Waals surface area contributed by atoms with Crippen molar-refractivity contribution in [3.05, 3.63) is 70.4 Å². The lowest BCUT2D eigenvalue weighted by atomic mass is 9.94. The molecule has 0 bridgehead atoms. The molecule has 0 saturated carbocycles. The summed E-state index contributed by atoms with van der Waals surface area (Å²) < 4.78 is 16.8. The highest BCUT2D eigenvalue weighted by molar-refractivity contribution is 5.95. The van der Waals surface area contributed by atoms with E-state index in [1.165, 1.54) is 4.90 Å². The molecular weight excluding hydrogens is 408 g/mol. The Labute approximate surface area is 189 Å². The lowest BCUT2D eigenvalue weighted by Crippen LogP contribution is -2.49. The molecule has 2 aromatic rings. The van der Waals surface area contributed by atoms with Gasteiger partial charge in [-0.05, 0) is 62.6 Å². The van der Waals surface area contributed by atoms with Crippen LogP contribution in [0.25, 0.3) is 0 Å². The first kappa shape index (κ1) is 23.2. The number of nitrogens with zero attached hydrogens (tertiary/aromatic N) is 1. The third-order valence-corrected chi connectivity index (χ3v) is 5.60. The fourth-order valence-corrected chi connectivity index (χ4v) is 3.74. The number of hydrogen-bond acceptors (Lipinski definition) is 5. The normalized spacial score (nSPS) is 16.0. The van der Waals surface area contributed by atoms with Crippen LogP contribution in [0, 0.1) is 13.8 Å². The van der Waals surface area contributed by atoms with Gasteiger partial charge in [0.15, 0.2) is 0 Å². The van der Waals surface area contributed by atoms with Crippen molar-refractivity contribution in [2.75, 3.05) is 26.9 Å². The van der Waals surface area contributed by atoms with E-state index in [-0.39, 0.29) is 19.2 Å². The van der Waals surface area contributed by atoms with E-state index >= 15 is 0 Å². The summed E-state index contributed by atoms with van der Waals surface area (Å²) in [7, 11) is 1.57. The maximum absolute atomic E-state index is 13.1. The molecule has 0 saturated heterocycles. The van der Waals surface area contributed by atoms with Gasteiger partial charge in [-0.15, -0.1) is 0 Å². The van der Waals surface area contributed by atoms with Crippen molar-refractivity contribution in [2.24, 2.45) is 0 Å². The van der Waals surface area contributed by atoms with Crippen LogP contribution in [0.15, 0.2) is 53.7 Å². The zero-order chi connectivity index (χ0) is 23.3. The Morgan fingerprint density at radius 3 is 2.56 bits per heavy atom. The number of amides is 2. The fraction of sp³-hybridized carbons (Fsp3) is 0.360. The molecule has 32 heavy (non-hydrogen) atoms. The highest BCUT2D eigenvalue weighted by Crippen LogP contribution is 2.33. The fourth-order valence-electron chi connectivity index (χ4n) is 3.74. The molecule has 1 unspecified atom stereocenters. The maximum atomic E-state index is 13.1. The summed E-state index contributed by atoms with van der Waals surface area (Å²) >= 11 is 0. The van der Waals surface area contributed by atoms with Gasteiger partial charge >= 0.3 is 12.0 Å². The molecule has 1 aliphatic rings. The van der Waals surface area contributed by atoms with Crippen molar-refractivity contribution < 1.29 is 23.8 Å². The molecule has 2 aromatic carbocycles. The quantitative estimate of drug-likeness (QED) is 0.622. The minimum absolute atomic E-state index is 0.0557. The molecule has 1 N–H and O–H groups in total. The molecule has 3 rings (SSSR count). The molecule has 1 heterocycles. The number of ether oxygens (including phenoxy) is 3. The maximum Gasteiger partial charge on any atom is 0.338 e. The highest BCUT2D eigenvalue weighted by Gasteiger charge is 2.38. The van der Waals surface area contributed by atoms with Crippen LogP contribution in [0.2, 0.25) is 0 Å². The van der Waals surface area contributed by atoms with Gasteiger partial charge in [-0.2, -0.15) is 0 Å². The van der Waals surface area contributed by atoms with Crippen LogP contribution in [-0.4, -0.2) is 43.8 Å². The number of hydrogen-bond donors (Lipinski definition) is 1. The predicted octanol–water partition coefficient (Wildman–Crippen LogP) is 4.29. The molecule has 0 radical (unpaired) electrons. The average molecular weight is 439 g/mol. The number of methoxy groups -OCH3 is 1. The molecule has 0 aliphatic carbocycles. The summed E-state index contributed by atoms with van der Waals surface area (Å²) in [5.74, 6) is 0.852. The Hall–Kier alpha value is -3.48. The molecule has 0 fully saturated rings. The number of carbonyl (C=O) groups excluding carboxylic acids is 2. The Morgan fingerprint density at radius 1 is 1.12 bits per heavy atom. The Kier molecular flexibility index (Phi) is 7.41. The van der Waals surface area contributed by atoms with Crippen LogP contribution in [0.5, 0.6) is 11.5 Å². The summed E-state index contributed by atoms with van der Waals surface area (Å²) in [5, 5.41) is 2.94. The number of nitrogens with one attached hydrogen (secondary N) is 1. The van der Waals surface area contributed by atoms with E-state index in [0.717, 1.165) is 16.7 Å². The van der Waals surface area contributed by atoms with Gasteiger partial charge < -0.3 is 19.5 Å². The van der Waals surface area contributed by atoms with Crippen LogP contribution < -0.4 is 14.8 Å². The number of esters is 1. The smallest absolute Gasteiger partial charge is 0.338 e. The number of likely N-dealkylation sites (N-methyl/N-ethyl adjacent to an activating group) is 1. The van der Waals surface area contributed by atoms with Crippen LogP contribution >= 0.6 is 0 Å². The topological polar surface area (TPSA) is 77.1 Å². The summed E-state index contributed by atoms with van der Waals surface area (Å²) in [4.78, 5) is 27.6. The Morgan fingerprint density at radius 2 is 1.88 bits per heavy atom. The van der Waals surface area contributed by atoms with E-state index in [0.29, 0.717) is 29.3 Å². The van der Waals surface area contributed by atoms with Crippen molar-refractivity contribution >= 4 is 12.0 Å². The van der Waals surface area contributed by atoms with Crippen LogP contribution in [-0.2, 0) is 9.53 Å².